The second-order valence-corrected chi connectivity index (χ2v) is 8.58. The largest absolute Gasteiger partial charge is 0.497 e. The fourth-order valence-corrected chi connectivity index (χ4v) is 4.83. The number of aryl methyl sites for hydroxylation is 1. The van der Waals surface area contributed by atoms with Crippen molar-refractivity contribution in [2.24, 2.45) is 5.92 Å². The third-order valence-electron chi connectivity index (χ3n) is 6.49. The van der Waals surface area contributed by atoms with Gasteiger partial charge in [-0.2, -0.15) is 0 Å². The molecule has 2 heterocycles. The second-order valence-electron chi connectivity index (χ2n) is 8.58. The van der Waals surface area contributed by atoms with E-state index in [-0.39, 0.29) is 5.91 Å². The lowest BCUT2D eigenvalue weighted by atomic mass is 9.88. The molecule has 2 atom stereocenters. The van der Waals surface area contributed by atoms with Gasteiger partial charge in [0.1, 0.15) is 5.75 Å². The normalized spacial score (nSPS) is 22.6. The number of rotatable bonds is 5. The van der Waals surface area contributed by atoms with Gasteiger partial charge in [0.2, 0.25) is 0 Å². The Labute approximate surface area is 174 Å². The van der Waals surface area contributed by atoms with Gasteiger partial charge < -0.3 is 14.5 Å². The Kier molecular flexibility index (Phi) is 6.19. The van der Waals surface area contributed by atoms with E-state index < -0.39 is 0 Å². The minimum absolute atomic E-state index is 0.113. The molecule has 2 aromatic carbocycles. The van der Waals surface area contributed by atoms with Crippen LogP contribution in [0.3, 0.4) is 0 Å². The van der Waals surface area contributed by atoms with Gasteiger partial charge in [-0.15, -0.1) is 0 Å². The zero-order valence-corrected chi connectivity index (χ0v) is 17.6. The number of carbonyl (C=O) groups is 1. The number of ether oxygens (including phenoxy) is 1. The second kappa shape index (κ2) is 9.00. The summed E-state index contributed by atoms with van der Waals surface area (Å²) in [6.07, 6.45) is 3.95. The molecule has 0 bridgehead atoms. The number of hydrogen-bond donors (Lipinski definition) is 0. The van der Waals surface area contributed by atoms with E-state index in [0.29, 0.717) is 17.4 Å². The molecule has 0 N–H and O–H groups in total. The highest BCUT2D eigenvalue weighted by Gasteiger charge is 2.37. The minimum atomic E-state index is 0.113. The molecule has 2 saturated heterocycles. The quantitative estimate of drug-likeness (QED) is 0.759. The van der Waals surface area contributed by atoms with Gasteiger partial charge in [0, 0.05) is 31.1 Å². The number of nitrogens with zero attached hydrogens (tertiary/aromatic N) is 2. The van der Waals surface area contributed by atoms with Crippen molar-refractivity contribution < 1.29 is 9.53 Å². The first-order valence-corrected chi connectivity index (χ1v) is 10.9. The van der Waals surface area contributed by atoms with Crippen LogP contribution in [0.1, 0.15) is 46.7 Å². The molecule has 29 heavy (non-hydrogen) atoms. The minimum Gasteiger partial charge on any atom is -0.497 e. The smallest absolute Gasteiger partial charge is 0.254 e. The molecule has 0 saturated carbocycles. The van der Waals surface area contributed by atoms with Crippen LogP contribution in [0, 0.1) is 12.8 Å². The summed E-state index contributed by atoms with van der Waals surface area (Å²) in [6.45, 7) is 7.22. The van der Waals surface area contributed by atoms with E-state index in [2.05, 4.69) is 36.1 Å². The average molecular weight is 393 g/mol. The molecule has 0 aliphatic carbocycles. The van der Waals surface area contributed by atoms with Crippen LogP contribution in [0.5, 0.6) is 5.75 Å². The Morgan fingerprint density at radius 3 is 2.52 bits per heavy atom. The van der Waals surface area contributed by atoms with Gasteiger partial charge in [0.25, 0.3) is 5.91 Å². The predicted octanol–water partition coefficient (Wildman–Crippen LogP) is 4.35. The zero-order valence-electron chi connectivity index (χ0n) is 17.6. The molecule has 154 valence electrons. The molecular weight excluding hydrogens is 360 g/mol. The number of hydrogen-bond acceptors (Lipinski definition) is 3. The third-order valence-corrected chi connectivity index (χ3v) is 6.49. The van der Waals surface area contributed by atoms with Crippen molar-refractivity contribution in [1.82, 2.24) is 9.80 Å². The molecule has 0 spiro atoms. The van der Waals surface area contributed by atoms with Gasteiger partial charge >= 0.3 is 0 Å². The van der Waals surface area contributed by atoms with Gasteiger partial charge in [0.15, 0.2) is 0 Å². The average Bonchev–Trinajstić information content (AvgIpc) is 3.18. The summed E-state index contributed by atoms with van der Waals surface area (Å²) in [6, 6.07) is 16.4. The molecule has 0 radical (unpaired) electrons. The molecule has 0 aromatic heterocycles. The highest BCUT2D eigenvalue weighted by atomic mass is 16.5. The van der Waals surface area contributed by atoms with E-state index in [1.54, 1.807) is 7.11 Å². The van der Waals surface area contributed by atoms with Crippen molar-refractivity contribution in [1.29, 1.82) is 0 Å². The monoisotopic (exact) mass is 392 g/mol. The van der Waals surface area contributed by atoms with Crippen molar-refractivity contribution in [2.75, 3.05) is 39.8 Å². The van der Waals surface area contributed by atoms with E-state index in [9.17, 15) is 4.79 Å². The topological polar surface area (TPSA) is 32.8 Å². The van der Waals surface area contributed by atoms with Crippen LogP contribution in [0.25, 0.3) is 0 Å². The molecule has 2 aliphatic heterocycles. The van der Waals surface area contributed by atoms with Crippen molar-refractivity contribution in [2.45, 2.75) is 32.1 Å². The van der Waals surface area contributed by atoms with Gasteiger partial charge in [-0.3, -0.25) is 4.79 Å². The summed E-state index contributed by atoms with van der Waals surface area (Å²) >= 11 is 0. The summed E-state index contributed by atoms with van der Waals surface area (Å²) in [5.74, 6) is 1.72. The number of amides is 1. The molecule has 1 amide bonds. The molecular formula is C25H32N2O2. The standard InChI is InChI=1S/C25H32N2O2/c1-19-9-11-20(12-10-19)24-18-27(17-22(24)16-26-13-4-3-5-14-26)25(28)21-7-6-8-23(15-21)29-2/h6-12,15,22,24H,3-5,13-14,16-18H2,1-2H3/t22-,24-/m0/s1. The van der Waals surface area contributed by atoms with E-state index in [4.69, 9.17) is 4.74 Å². The highest BCUT2D eigenvalue weighted by Crippen LogP contribution is 2.35. The maximum absolute atomic E-state index is 13.2. The molecule has 0 unspecified atom stereocenters. The Balaban J connectivity index is 1.54. The van der Waals surface area contributed by atoms with E-state index >= 15 is 0 Å². The van der Waals surface area contributed by atoms with E-state index in [1.165, 1.54) is 43.5 Å². The molecule has 4 nitrogen and oxygen atoms in total. The first kappa shape index (κ1) is 20.0. The van der Waals surface area contributed by atoms with Crippen LogP contribution in [-0.2, 0) is 0 Å². The first-order chi connectivity index (χ1) is 14.1. The third kappa shape index (κ3) is 4.64. The van der Waals surface area contributed by atoms with Crippen molar-refractivity contribution in [3.8, 4) is 5.75 Å². The fourth-order valence-electron chi connectivity index (χ4n) is 4.83. The van der Waals surface area contributed by atoms with Crippen LogP contribution in [-0.4, -0.2) is 55.5 Å². The van der Waals surface area contributed by atoms with Crippen LogP contribution in [0.4, 0.5) is 0 Å². The fraction of sp³-hybridized carbons (Fsp3) is 0.480. The lowest BCUT2D eigenvalue weighted by Crippen LogP contribution is -2.36. The maximum atomic E-state index is 13.2. The number of carbonyl (C=O) groups excluding carboxylic acids is 1. The summed E-state index contributed by atoms with van der Waals surface area (Å²) in [7, 11) is 1.64. The number of benzene rings is 2. The molecule has 4 heteroatoms. The molecule has 2 aromatic rings. The Morgan fingerprint density at radius 1 is 1.03 bits per heavy atom. The number of methoxy groups -OCH3 is 1. The lowest BCUT2D eigenvalue weighted by Gasteiger charge is -2.31. The van der Waals surface area contributed by atoms with Crippen molar-refractivity contribution >= 4 is 5.91 Å². The molecule has 2 fully saturated rings. The number of piperidine rings is 1. The van der Waals surface area contributed by atoms with Crippen LogP contribution in [0.15, 0.2) is 48.5 Å². The summed E-state index contributed by atoms with van der Waals surface area (Å²) < 4.78 is 5.31. The Hall–Kier alpha value is -2.33. The van der Waals surface area contributed by atoms with Crippen molar-refractivity contribution in [3.05, 3.63) is 65.2 Å². The van der Waals surface area contributed by atoms with E-state index in [0.717, 1.165) is 25.4 Å². The van der Waals surface area contributed by atoms with Crippen LogP contribution < -0.4 is 4.74 Å². The predicted molar refractivity (Wildman–Crippen MR) is 117 cm³/mol. The summed E-state index contributed by atoms with van der Waals surface area (Å²) in [4.78, 5) is 17.9. The van der Waals surface area contributed by atoms with E-state index in [1.807, 2.05) is 29.2 Å². The van der Waals surface area contributed by atoms with Crippen molar-refractivity contribution in [3.63, 3.8) is 0 Å². The Bertz CT molecular complexity index is 827. The van der Waals surface area contributed by atoms with Gasteiger partial charge in [0.05, 0.1) is 7.11 Å². The molecule has 4 rings (SSSR count). The SMILES string of the molecule is COc1cccc(C(=O)N2C[C@H](CN3CCCCC3)[C@H](c3ccc(C)cc3)C2)c1. The maximum Gasteiger partial charge on any atom is 0.254 e. The summed E-state index contributed by atoms with van der Waals surface area (Å²) in [5, 5.41) is 0. The zero-order chi connectivity index (χ0) is 20.2. The number of likely N-dealkylation sites (tertiary alicyclic amines) is 2. The highest BCUT2D eigenvalue weighted by molar-refractivity contribution is 5.94. The summed E-state index contributed by atoms with van der Waals surface area (Å²) in [5.41, 5.74) is 3.35. The van der Waals surface area contributed by atoms with Gasteiger partial charge in [-0.05, 0) is 62.5 Å². The van der Waals surface area contributed by atoms with Gasteiger partial charge in [-0.25, -0.2) is 0 Å². The van der Waals surface area contributed by atoms with Crippen LogP contribution in [0.2, 0.25) is 0 Å². The van der Waals surface area contributed by atoms with Crippen LogP contribution >= 0.6 is 0 Å². The first-order valence-electron chi connectivity index (χ1n) is 10.9. The lowest BCUT2D eigenvalue weighted by molar-refractivity contribution is 0.0781. The van der Waals surface area contributed by atoms with Gasteiger partial charge in [-0.1, -0.05) is 42.3 Å². The Morgan fingerprint density at radius 2 is 1.79 bits per heavy atom. The molecule has 2 aliphatic rings.